The summed E-state index contributed by atoms with van der Waals surface area (Å²) >= 11 is 1.46. The maximum absolute atomic E-state index is 8.77. The lowest BCUT2D eigenvalue weighted by molar-refractivity contribution is 0.174. The van der Waals surface area contributed by atoms with Gasteiger partial charge in [0.25, 0.3) is 0 Å². The smallest absolute Gasteiger partial charge is 0.231 e. The van der Waals surface area contributed by atoms with E-state index in [0.717, 1.165) is 27.6 Å². The van der Waals surface area contributed by atoms with E-state index in [-0.39, 0.29) is 6.79 Å². The first kappa shape index (κ1) is 10.1. The van der Waals surface area contributed by atoms with Crippen molar-refractivity contribution in [3.63, 3.8) is 0 Å². The monoisotopic (exact) mass is 244 g/mol. The summed E-state index contributed by atoms with van der Waals surface area (Å²) in [5, 5.41) is 11.4. The molecule has 0 atom stereocenters. The van der Waals surface area contributed by atoms with Crippen LogP contribution < -0.4 is 9.47 Å². The molecule has 2 aromatic rings. The lowest BCUT2D eigenvalue weighted by Gasteiger charge is -2.04. The molecule has 0 fully saturated rings. The average molecular weight is 244 g/mol. The highest BCUT2D eigenvalue weighted by atomic mass is 32.1. The second kappa shape index (κ2) is 3.75. The highest BCUT2D eigenvalue weighted by Gasteiger charge is 2.17. The van der Waals surface area contributed by atoms with E-state index in [0.29, 0.717) is 5.69 Å². The highest BCUT2D eigenvalue weighted by Crippen LogP contribution is 2.39. The van der Waals surface area contributed by atoms with Crippen LogP contribution in [0.5, 0.6) is 11.5 Å². The van der Waals surface area contributed by atoms with Crippen LogP contribution in [0.25, 0.3) is 10.6 Å². The number of thiazole rings is 1. The molecular formula is C12H8N2O2S. The van der Waals surface area contributed by atoms with E-state index in [1.807, 2.05) is 25.1 Å². The summed E-state index contributed by atoms with van der Waals surface area (Å²) in [5.74, 6) is 1.50. The Bertz CT molecular complexity index is 628. The van der Waals surface area contributed by atoms with Crippen LogP contribution in [0, 0.1) is 18.3 Å². The summed E-state index contributed by atoms with van der Waals surface area (Å²) in [4.78, 5) is 4.25. The maximum atomic E-state index is 8.77. The van der Waals surface area contributed by atoms with E-state index in [9.17, 15) is 0 Å². The molecule has 4 nitrogen and oxygen atoms in total. The van der Waals surface area contributed by atoms with Gasteiger partial charge in [-0.15, -0.1) is 11.3 Å². The Balaban J connectivity index is 2.12. The average Bonchev–Trinajstić information content (AvgIpc) is 2.94. The molecule has 1 aliphatic heterocycles. The molecule has 0 amide bonds. The molecule has 0 saturated heterocycles. The van der Waals surface area contributed by atoms with Crippen molar-refractivity contribution in [2.24, 2.45) is 0 Å². The molecule has 1 aromatic heterocycles. The summed E-state index contributed by atoms with van der Waals surface area (Å²) in [7, 11) is 0. The SMILES string of the molecule is Cc1cc2c(cc1-c1nc(C#N)cs1)OCO2. The highest BCUT2D eigenvalue weighted by molar-refractivity contribution is 7.13. The maximum Gasteiger partial charge on any atom is 0.231 e. The van der Waals surface area contributed by atoms with E-state index >= 15 is 0 Å². The van der Waals surface area contributed by atoms with Crippen LogP contribution in [-0.4, -0.2) is 11.8 Å². The van der Waals surface area contributed by atoms with Crippen molar-refractivity contribution in [1.29, 1.82) is 5.26 Å². The Morgan fingerprint density at radius 2 is 2.12 bits per heavy atom. The normalized spacial score (nSPS) is 12.5. The molecule has 17 heavy (non-hydrogen) atoms. The summed E-state index contributed by atoms with van der Waals surface area (Å²) < 4.78 is 10.6. The predicted octanol–water partition coefficient (Wildman–Crippen LogP) is 2.72. The van der Waals surface area contributed by atoms with Gasteiger partial charge in [0.05, 0.1) is 0 Å². The Labute approximate surface area is 102 Å². The Morgan fingerprint density at radius 1 is 1.35 bits per heavy atom. The molecule has 2 heterocycles. The molecule has 0 N–H and O–H groups in total. The summed E-state index contributed by atoms with van der Waals surface area (Å²) in [6.45, 7) is 2.25. The van der Waals surface area contributed by atoms with E-state index in [4.69, 9.17) is 14.7 Å². The van der Waals surface area contributed by atoms with Crippen molar-refractivity contribution in [3.05, 3.63) is 28.8 Å². The molecule has 84 valence electrons. The predicted molar refractivity (Wildman–Crippen MR) is 63.1 cm³/mol. The number of hydrogen-bond acceptors (Lipinski definition) is 5. The zero-order valence-electron chi connectivity index (χ0n) is 9.06. The van der Waals surface area contributed by atoms with Crippen LogP contribution in [0.2, 0.25) is 0 Å². The number of nitrogens with zero attached hydrogens (tertiary/aromatic N) is 2. The number of hydrogen-bond donors (Lipinski definition) is 0. The fourth-order valence-corrected chi connectivity index (χ4v) is 2.55. The van der Waals surface area contributed by atoms with Crippen LogP contribution in [0.4, 0.5) is 0 Å². The number of aromatic nitrogens is 1. The van der Waals surface area contributed by atoms with Gasteiger partial charge in [0, 0.05) is 10.9 Å². The molecule has 0 spiro atoms. The van der Waals surface area contributed by atoms with Crippen molar-refractivity contribution in [1.82, 2.24) is 4.98 Å². The Morgan fingerprint density at radius 3 is 2.82 bits per heavy atom. The van der Waals surface area contributed by atoms with Gasteiger partial charge in [-0.3, -0.25) is 0 Å². The first-order valence-corrected chi connectivity index (χ1v) is 5.92. The fraction of sp³-hybridized carbons (Fsp3) is 0.167. The first-order chi connectivity index (χ1) is 8.28. The van der Waals surface area contributed by atoms with Crippen LogP contribution in [0.1, 0.15) is 11.3 Å². The van der Waals surface area contributed by atoms with Crippen molar-refractivity contribution in [2.75, 3.05) is 6.79 Å². The van der Waals surface area contributed by atoms with Gasteiger partial charge in [-0.05, 0) is 24.6 Å². The molecule has 0 aliphatic carbocycles. The van der Waals surface area contributed by atoms with Crippen LogP contribution in [0.15, 0.2) is 17.5 Å². The Hall–Kier alpha value is -2.06. The molecular weight excluding hydrogens is 236 g/mol. The number of ether oxygens (including phenoxy) is 2. The van der Waals surface area contributed by atoms with Crippen molar-refractivity contribution < 1.29 is 9.47 Å². The second-order valence-corrected chi connectivity index (χ2v) is 4.53. The minimum absolute atomic E-state index is 0.263. The van der Waals surface area contributed by atoms with Crippen molar-refractivity contribution in [2.45, 2.75) is 6.92 Å². The third-order valence-corrected chi connectivity index (χ3v) is 3.44. The van der Waals surface area contributed by atoms with Gasteiger partial charge in [-0.1, -0.05) is 0 Å². The van der Waals surface area contributed by atoms with E-state index in [1.54, 1.807) is 5.38 Å². The number of fused-ring (bicyclic) bond motifs is 1. The number of benzene rings is 1. The lowest BCUT2D eigenvalue weighted by Crippen LogP contribution is -1.92. The van der Waals surface area contributed by atoms with Crippen LogP contribution in [-0.2, 0) is 0 Å². The third kappa shape index (κ3) is 1.63. The second-order valence-electron chi connectivity index (χ2n) is 3.67. The summed E-state index contributed by atoms with van der Waals surface area (Å²) in [5.41, 5.74) is 2.50. The minimum atomic E-state index is 0.263. The van der Waals surface area contributed by atoms with Gasteiger partial charge >= 0.3 is 0 Å². The van der Waals surface area contributed by atoms with Gasteiger partial charge in [0.1, 0.15) is 11.1 Å². The van der Waals surface area contributed by atoms with Gasteiger partial charge in [0.15, 0.2) is 17.2 Å². The number of rotatable bonds is 1. The summed E-state index contributed by atoms with van der Waals surface area (Å²) in [6.07, 6.45) is 0. The van der Waals surface area contributed by atoms with E-state index in [1.165, 1.54) is 11.3 Å². The number of aryl methyl sites for hydroxylation is 1. The molecule has 1 aliphatic rings. The third-order valence-electron chi connectivity index (χ3n) is 2.57. The zero-order valence-corrected chi connectivity index (χ0v) is 9.87. The topological polar surface area (TPSA) is 55.1 Å². The molecule has 0 bridgehead atoms. The largest absolute Gasteiger partial charge is 0.454 e. The molecule has 0 saturated carbocycles. The molecule has 3 rings (SSSR count). The zero-order chi connectivity index (χ0) is 11.8. The van der Waals surface area contributed by atoms with E-state index in [2.05, 4.69) is 4.98 Å². The van der Waals surface area contributed by atoms with Gasteiger partial charge < -0.3 is 9.47 Å². The Kier molecular flexibility index (Phi) is 2.23. The molecule has 0 radical (unpaired) electrons. The van der Waals surface area contributed by atoms with E-state index < -0.39 is 0 Å². The minimum Gasteiger partial charge on any atom is -0.454 e. The lowest BCUT2D eigenvalue weighted by atomic mass is 10.1. The quantitative estimate of drug-likeness (QED) is 0.774. The molecule has 5 heteroatoms. The van der Waals surface area contributed by atoms with Gasteiger partial charge in [0.2, 0.25) is 6.79 Å². The standard InChI is InChI=1S/C12H8N2O2S/c1-7-2-10-11(16-6-15-10)3-9(7)12-14-8(4-13)5-17-12/h2-3,5H,6H2,1H3. The van der Waals surface area contributed by atoms with Crippen LogP contribution in [0.3, 0.4) is 0 Å². The van der Waals surface area contributed by atoms with Crippen molar-refractivity contribution >= 4 is 11.3 Å². The van der Waals surface area contributed by atoms with Gasteiger partial charge in [-0.2, -0.15) is 5.26 Å². The molecule has 1 aromatic carbocycles. The van der Waals surface area contributed by atoms with Crippen molar-refractivity contribution in [3.8, 4) is 28.1 Å². The van der Waals surface area contributed by atoms with Crippen LogP contribution >= 0.6 is 11.3 Å². The van der Waals surface area contributed by atoms with Gasteiger partial charge in [-0.25, -0.2) is 4.98 Å². The number of nitriles is 1. The summed E-state index contributed by atoms with van der Waals surface area (Å²) in [6, 6.07) is 5.88. The fourth-order valence-electron chi connectivity index (χ4n) is 1.72. The first-order valence-electron chi connectivity index (χ1n) is 5.04. The molecule has 0 unspecified atom stereocenters.